The number of hydrogen-bond donors (Lipinski definition) is 0. The van der Waals surface area contributed by atoms with E-state index in [1.807, 2.05) is 0 Å². The minimum atomic E-state index is 0.302. The molecule has 3 nitrogen and oxygen atoms in total. The average molecular weight is 407 g/mol. The lowest BCUT2D eigenvalue weighted by atomic mass is 9.69. The van der Waals surface area contributed by atoms with Gasteiger partial charge in [-0.2, -0.15) is 0 Å². The second-order valence-electron chi connectivity index (χ2n) is 10.6. The zero-order valence-electron chi connectivity index (χ0n) is 18.8. The molecule has 0 saturated heterocycles. The average Bonchev–Trinajstić information content (AvgIpc) is 2.78. The van der Waals surface area contributed by atoms with E-state index in [-0.39, 0.29) is 0 Å². The molecular weight excluding hydrogens is 360 g/mol. The molecule has 0 amide bonds. The normalized spacial score (nSPS) is 34.8. The lowest BCUT2D eigenvalue weighted by Crippen LogP contribution is -2.44. The van der Waals surface area contributed by atoms with Gasteiger partial charge in [0.2, 0.25) is 0 Å². The first-order chi connectivity index (χ1) is 14.4. The van der Waals surface area contributed by atoms with Gasteiger partial charge in [-0.25, -0.2) is 0 Å². The van der Waals surface area contributed by atoms with Crippen LogP contribution < -0.4 is 0 Å². The Morgan fingerprint density at radius 2 is 1.00 bits per heavy atom. The van der Waals surface area contributed by atoms with E-state index >= 15 is 0 Å². The van der Waals surface area contributed by atoms with Crippen LogP contribution >= 0.6 is 0 Å². The zero-order chi connectivity index (χ0) is 19.7. The maximum atomic E-state index is 6.57. The zero-order valence-corrected chi connectivity index (χ0v) is 18.8. The van der Waals surface area contributed by atoms with Crippen molar-refractivity contribution in [2.45, 2.75) is 115 Å². The summed E-state index contributed by atoms with van der Waals surface area (Å²) >= 11 is 0. The van der Waals surface area contributed by atoms with Gasteiger partial charge in [0.15, 0.2) is 0 Å². The standard InChI is InChI=1S/C26H46O3/c1-3-9-21(10-4-1)19-27-15-16-28-25-17-23-13-7-8-14-24(23)18-26(25)29-20-22-11-5-2-6-12-22/h21-26H,1-20H2. The highest BCUT2D eigenvalue weighted by Gasteiger charge is 2.39. The molecule has 0 aromatic rings. The SMILES string of the molecule is C1CCC(COCCOC2CC3CCCCC3CC2OCC2CCCCC2)CC1. The first kappa shape index (κ1) is 22.1. The van der Waals surface area contributed by atoms with Gasteiger partial charge in [0, 0.05) is 13.2 Å². The molecule has 0 radical (unpaired) electrons. The summed E-state index contributed by atoms with van der Waals surface area (Å²) in [6.07, 6.45) is 22.7. The number of fused-ring (bicyclic) bond motifs is 1. The van der Waals surface area contributed by atoms with Gasteiger partial charge in [-0.1, -0.05) is 64.2 Å². The van der Waals surface area contributed by atoms with E-state index in [0.717, 1.165) is 50.1 Å². The first-order valence-corrected chi connectivity index (χ1v) is 13.2. The number of hydrogen-bond acceptors (Lipinski definition) is 3. The molecule has 29 heavy (non-hydrogen) atoms. The van der Waals surface area contributed by atoms with Crippen molar-refractivity contribution >= 4 is 0 Å². The molecule has 0 aromatic heterocycles. The van der Waals surface area contributed by atoms with Gasteiger partial charge in [0.05, 0.1) is 25.4 Å². The van der Waals surface area contributed by atoms with E-state index in [1.54, 1.807) is 0 Å². The van der Waals surface area contributed by atoms with Crippen molar-refractivity contribution in [2.24, 2.45) is 23.7 Å². The Morgan fingerprint density at radius 3 is 1.62 bits per heavy atom. The molecule has 0 N–H and O–H groups in total. The largest absolute Gasteiger partial charge is 0.379 e. The van der Waals surface area contributed by atoms with Crippen molar-refractivity contribution in [3.05, 3.63) is 0 Å². The highest BCUT2D eigenvalue weighted by Crippen LogP contribution is 2.42. The van der Waals surface area contributed by atoms with Crippen LogP contribution in [0.4, 0.5) is 0 Å². The van der Waals surface area contributed by atoms with Crippen molar-refractivity contribution in [1.29, 1.82) is 0 Å². The molecule has 4 aliphatic carbocycles. The molecule has 4 unspecified atom stereocenters. The molecule has 4 rings (SSSR count). The second-order valence-corrected chi connectivity index (χ2v) is 10.6. The molecular formula is C26H46O3. The summed E-state index contributed by atoms with van der Waals surface area (Å²) in [4.78, 5) is 0. The lowest BCUT2D eigenvalue weighted by Gasteiger charge is -2.44. The van der Waals surface area contributed by atoms with Gasteiger partial charge in [-0.15, -0.1) is 0 Å². The third kappa shape index (κ3) is 6.94. The van der Waals surface area contributed by atoms with Crippen LogP contribution in [0.15, 0.2) is 0 Å². The van der Waals surface area contributed by atoms with Crippen LogP contribution in [0.3, 0.4) is 0 Å². The third-order valence-electron chi connectivity index (χ3n) is 8.46. The molecule has 0 bridgehead atoms. The van der Waals surface area contributed by atoms with Crippen LogP contribution in [0.5, 0.6) is 0 Å². The molecule has 0 aromatic carbocycles. The predicted molar refractivity (Wildman–Crippen MR) is 118 cm³/mol. The minimum Gasteiger partial charge on any atom is -0.379 e. The topological polar surface area (TPSA) is 27.7 Å². The summed E-state index contributed by atoms with van der Waals surface area (Å²) in [6.45, 7) is 3.43. The summed E-state index contributed by atoms with van der Waals surface area (Å²) < 4.78 is 19.0. The summed E-state index contributed by atoms with van der Waals surface area (Å²) in [5.41, 5.74) is 0. The quantitative estimate of drug-likeness (QED) is 0.407. The van der Waals surface area contributed by atoms with E-state index in [0.29, 0.717) is 12.2 Å². The molecule has 0 heterocycles. The van der Waals surface area contributed by atoms with Gasteiger partial charge in [0.1, 0.15) is 0 Å². The van der Waals surface area contributed by atoms with E-state index in [1.165, 1.54) is 103 Å². The van der Waals surface area contributed by atoms with Crippen molar-refractivity contribution in [3.8, 4) is 0 Å². The molecule has 4 saturated carbocycles. The molecule has 4 atom stereocenters. The molecule has 3 heteroatoms. The van der Waals surface area contributed by atoms with Gasteiger partial charge in [0.25, 0.3) is 0 Å². The highest BCUT2D eigenvalue weighted by molar-refractivity contribution is 4.90. The minimum absolute atomic E-state index is 0.302. The Bertz CT molecular complexity index is 441. The Balaban J connectivity index is 1.20. The van der Waals surface area contributed by atoms with Crippen LogP contribution in [0.2, 0.25) is 0 Å². The molecule has 4 aliphatic rings. The maximum absolute atomic E-state index is 6.57. The van der Waals surface area contributed by atoms with E-state index in [4.69, 9.17) is 14.2 Å². The Labute approximate surface area is 179 Å². The predicted octanol–water partition coefficient (Wildman–Crippen LogP) is 6.53. The van der Waals surface area contributed by atoms with E-state index < -0.39 is 0 Å². The fraction of sp³-hybridized carbons (Fsp3) is 1.00. The lowest BCUT2D eigenvalue weighted by molar-refractivity contribution is -0.135. The maximum Gasteiger partial charge on any atom is 0.0840 e. The fourth-order valence-corrected chi connectivity index (χ4v) is 6.63. The summed E-state index contributed by atoms with van der Waals surface area (Å²) in [6, 6.07) is 0. The highest BCUT2D eigenvalue weighted by atomic mass is 16.6. The fourth-order valence-electron chi connectivity index (χ4n) is 6.63. The van der Waals surface area contributed by atoms with Gasteiger partial charge in [-0.05, 0) is 62.2 Å². The molecule has 0 spiro atoms. The van der Waals surface area contributed by atoms with Crippen molar-refractivity contribution < 1.29 is 14.2 Å². The van der Waals surface area contributed by atoms with Gasteiger partial charge in [-0.3, -0.25) is 0 Å². The first-order valence-electron chi connectivity index (χ1n) is 13.2. The number of rotatable bonds is 9. The van der Waals surface area contributed by atoms with Crippen LogP contribution in [-0.2, 0) is 14.2 Å². The Morgan fingerprint density at radius 1 is 0.483 bits per heavy atom. The summed E-state index contributed by atoms with van der Waals surface area (Å²) in [5.74, 6) is 3.37. The monoisotopic (exact) mass is 406 g/mol. The van der Waals surface area contributed by atoms with Crippen LogP contribution in [0, 0.1) is 23.7 Å². The Kier molecular flexibility index (Phi) is 9.18. The molecule has 4 fully saturated rings. The van der Waals surface area contributed by atoms with Crippen LogP contribution in [0.25, 0.3) is 0 Å². The third-order valence-corrected chi connectivity index (χ3v) is 8.46. The second kappa shape index (κ2) is 12.1. The smallest absolute Gasteiger partial charge is 0.0840 e. The van der Waals surface area contributed by atoms with E-state index in [9.17, 15) is 0 Å². The summed E-state index contributed by atoms with van der Waals surface area (Å²) in [5, 5.41) is 0. The molecule has 0 aliphatic heterocycles. The van der Waals surface area contributed by atoms with Gasteiger partial charge < -0.3 is 14.2 Å². The van der Waals surface area contributed by atoms with Crippen molar-refractivity contribution in [1.82, 2.24) is 0 Å². The van der Waals surface area contributed by atoms with Crippen LogP contribution in [0.1, 0.15) is 103 Å². The van der Waals surface area contributed by atoms with Crippen molar-refractivity contribution in [3.63, 3.8) is 0 Å². The molecule has 168 valence electrons. The summed E-state index contributed by atoms with van der Waals surface area (Å²) in [7, 11) is 0. The van der Waals surface area contributed by atoms with Crippen molar-refractivity contribution in [2.75, 3.05) is 26.4 Å². The van der Waals surface area contributed by atoms with E-state index in [2.05, 4.69) is 0 Å². The number of ether oxygens (including phenoxy) is 3. The Hall–Kier alpha value is -0.120. The van der Waals surface area contributed by atoms with Crippen LogP contribution in [-0.4, -0.2) is 38.6 Å². The van der Waals surface area contributed by atoms with Gasteiger partial charge >= 0.3 is 0 Å².